The maximum absolute atomic E-state index is 13.2. The van der Waals surface area contributed by atoms with Gasteiger partial charge >= 0.3 is 11.7 Å². The van der Waals surface area contributed by atoms with Crippen molar-refractivity contribution in [3.05, 3.63) is 33.6 Å². The van der Waals surface area contributed by atoms with E-state index in [9.17, 15) is 24.4 Å². The van der Waals surface area contributed by atoms with Crippen LogP contribution in [0.2, 0.25) is 0 Å². The van der Waals surface area contributed by atoms with Crippen molar-refractivity contribution in [1.82, 2.24) is 0 Å². The summed E-state index contributed by atoms with van der Waals surface area (Å²) in [5.74, 6) is -2.35. The molecule has 1 rings (SSSR count). The normalized spacial score (nSPS) is 11.3. The van der Waals surface area contributed by atoms with Crippen LogP contribution in [0.5, 0.6) is 5.75 Å². The molecule has 1 aromatic rings. The van der Waals surface area contributed by atoms with Crippen LogP contribution in [-0.2, 0) is 9.53 Å². The standard InChI is InChI=1S/C10H11FN2O5.ClH/c1-18-9(14)4-7(12)6-2-5(11)3-8(10(6)15)13(16)17;/h2-3,7,15H,4,12H2,1H3;1H/t7-;/m0./s1. The number of ether oxygens (including phenoxy) is 1. The monoisotopic (exact) mass is 294 g/mol. The quantitative estimate of drug-likeness (QED) is 0.493. The van der Waals surface area contributed by atoms with Gasteiger partial charge in [-0.25, -0.2) is 4.39 Å². The summed E-state index contributed by atoms with van der Waals surface area (Å²) in [4.78, 5) is 20.6. The average molecular weight is 295 g/mol. The molecule has 9 heteroatoms. The molecule has 0 saturated heterocycles. The number of hydrogen-bond donors (Lipinski definition) is 2. The number of aromatic hydroxyl groups is 1. The Morgan fingerprint density at radius 1 is 1.63 bits per heavy atom. The highest BCUT2D eigenvalue weighted by molar-refractivity contribution is 5.85. The van der Waals surface area contributed by atoms with Crippen molar-refractivity contribution in [2.45, 2.75) is 12.5 Å². The molecule has 1 aromatic carbocycles. The topological polar surface area (TPSA) is 116 Å². The number of halogens is 2. The molecule has 0 aliphatic carbocycles. The fourth-order valence-electron chi connectivity index (χ4n) is 1.40. The summed E-state index contributed by atoms with van der Waals surface area (Å²) in [6, 6.07) is 0.325. The van der Waals surface area contributed by atoms with Gasteiger partial charge in [-0.2, -0.15) is 0 Å². The van der Waals surface area contributed by atoms with Gasteiger partial charge in [-0.1, -0.05) is 0 Å². The van der Waals surface area contributed by atoms with Gasteiger partial charge in [-0.05, 0) is 6.07 Å². The fourth-order valence-corrected chi connectivity index (χ4v) is 1.40. The maximum atomic E-state index is 13.2. The number of esters is 1. The van der Waals surface area contributed by atoms with Gasteiger partial charge in [0.2, 0.25) is 0 Å². The van der Waals surface area contributed by atoms with Crippen LogP contribution in [0.15, 0.2) is 12.1 Å². The molecular weight excluding hydrogens is 283 g/mol. The van der Waals surface area contributed by atoms with E-state index in [-0.39, 0.29) is 24.4 Å². The highest BCUT2D eigenvalue weighted by atomic mass is 35.5. The first-order valence-electron chi connectivity index (χ1n) is 4.86. The fraction of sp³-hybridized carbons (Fsp3) is 0.300. The number of hydrogen-bond acceptors (Lipinski definition) is 6. The average Bonchev–Trinajstić information content (AvgIpc) is 2.30. The second-order valence-electron chi connectivity index (χ2n) is 3.51. The molecule has 3 N–H and O–H groups in total. The SMILES string of the molecule is COC(=O)C[C@H](N)c1cc(F)cc([N+](=O)[O-])c1O.Cl. The lowest BCUT2D eigenvalue weighted by Gasteiger charge is -2.12. The molecule has 0 spiro atoms. The summed E-state index contributed by atoms with van der Waals surface area (Å²) in [6.45, 7) is 0. The van der Waals surface area contributed by atoms with E-state index in [2.05, 4.69) is 4.74 Å². The minimum Gasteiger partial charge on any atom is -0.502 e. The van der Waals surface area contributed by atoms with Gasteiger partial charge in [-0.15, -0.1) is 12.4 Å². The Labute approximate surface area is 113 Å². The summed E-state index contributed by atoms with van der Waals surface area (Å²) in [5, 5.41) is 20.2. The number of nitrogens with two attached hydrogens (primary N) is 1. The Kier molecular flexibility index (Phi) is 6.16. The van der Waals surface area contributed by atoms with Crippen LogP contribution in [0.1, 0.15) is 18.0 Å². The molecule has 0 bridgehead atoms. The van der Waals surface area contributed by atoms with Crippen LogP contribution in [0, 0.1) is 15.9 Å². The van der Waals surface area contributed by atoms with Gasteiger partial charge in [0.05, 0.1) is 24.5 Å². The highest BCUT2D eigenvalue weighted by Gasteiger charge is 2.24. The summed E-state index contributed by atoms with van der Waals surface area (Å²) in [5.41, 5.74) is 4.54. The van der Waals surface area contributed by atoms with Crippen LogP contribution in [0.25, 0.3) is 0 Å². The van der Waals surface area contributed by atoms with Gasteiger partial charge in [0.15, 0.2) is 5.75 Å². The van der Waals surface area contributed by atoms with E-state index in [4.69, 9.17) is 5.73 Å². The van der Waals surface area contributed by atoms with E-state index in [0.717, 1.165) is 13.2 Å². The molecule has 7 nitrogen and oxygen atoms in total. The molecule has 0 unspecified atom stereocenters. The smallest absolute Gasteiger partial charge is 0.313 e. The lowest BCUT2D eigenvalue weighted by atomic mass is 10.0. The second kappa shape index (κ2) is 6.86. The minimum atomic E-state index is -1.09. The zero-order chi connectivity index (χ0) is 13.9. The lowest BCUT2D eigenvalue weighted by molar-refractivity contribution is -0.386. The van der Waals surface area contributed by atoms with Gasteiger partial charge in [0, 0.05) is 11.6 Å². The predicted molar refractivity (Wildman–Crippen MR) is 65.5 cm³/mol. The summed E-state index contributed by atoms with van der Waals surface area (Å²) in [7, 11) is 1.14. The Bertz CT molecular complexity index is 497. The Morgan fingerprint density at radius 3 is 2.68 bits per heavy atom. The van der Waals surface area contributed by atoms with Crippen molar-refractivity contribution in [2.75, 3.05) is 7.11 Å². The molecular formula is C10H12ClFN2O5. The molecule has 0 radical (unpaired) electrons. The summed E-state index contributed by atoms with van der Waals surface area (Å²) in [6.07, 6.45) is -0.329. The molecule has 0 fully saturated rings. The minimum absolute atomic E-state index is 0. The molecule has 19 heavy (non-hydrogen) atoms. The van der Waals surface area contributed by atoms with Crippen LogP contribution in [0.3, 0.4) is 0 Å². The van der Waals surface area contributed by atoms with Crippen LogP contribution in [0.4, 0.5) is 10.1 Å². The molecule has 0 aliphatic rings. The van der Waals surface area contributed by atoms with E-state index in [0.29, 0.717) is 6.07 Å². The third kappa shape index (κ3) is 4.04. The highest BCUT2D eigenvalue weighted by Crippen LogP contribution is 2.34. The van der Waals surface area contributed by atoms with Crippen molar-refractivity contribution >= 4 is 24.1 Å². The van der Waals surface area contributed by atoms with Gasteiger partial charge in [0.1, 0.15) is 5.82 Å². The number of phenols is 1. The lowest BCUT2D eigenvalue weighted by Crippen LogP contribution is -2.17. The van der Waals surface area contributed by atoms with E-state index in [1.54, 1.807) is 0 Å². The van der Waals surface area contributed by atoms with E-state index < -0.39 is 34.2 Å². The molecule has 0 heterocycles. The van der Waals surface area contributed by atoms with Crippen LogP contribution < -0.4 is 5.73 Å². The maximum Gasteiger partial charge on any atom is 0.313 e. The first-order chi connectivity index (χ1) is 8.36. The number of rotatable bonds is 4. The molecule has 106 valence electrons. The third-order valence-corrected chi connectivity index (χ3v) is 2.29. The molecule has 0 saturated carbocycles. The van der Waals surface area contributed by atoms with Gasteiger partial charge in [0.25, 0.3) is 0 Å². The Hall–Kier alpha value is -1.93. The number of nitro groups is 1. The Balaban J connectivity index is 0.00000324. The van der Waals surface area contributed by atoms with Crippen molar-refractivity contribution in [2.24, 2.45) is 5.73 Å². The number of benzene rings is 1. The Morgan fingerprint density at radius 2 is 2.21 bits per heavy atom. The number of nitro benzene ring substituents is 1. The van der Waals surface area contributed by atoms with Crippen molar-refractivity contribution in [3.63, 3.8) is 0 Å². The molecule has 0 amide bonds. The first kappa shape index (κ1) is 17.1. The van der Waals surface area contributed by atoms with E-state index in [1.165, 1.54) is 0 Å². The summed E-state index contributed by atoms with van der Waals surface area (Å²) >= 11 is 0. The second-order valence-corrected chi connectivity index (χ2v) is 3.51. The van der Waals surface area contributed by atoms with Crippen molar-refractivity contribution in [3.8, 4) is 5.75 Å². The van der Waals surface area contributed by atoms with E-state index >= 15 is 0 Å². The zero-order valence-electron chi connectivity index (χ0n) is 9.83. The molecule has 0 aliphatic heterocycles. The third-order valence-electron chi connectivity index (χ3n) is 2.29. The molecule has 1 atom stereocenters. The number of nitrogens with zero attached hydrogens (tertiary/aromatic N) is 1. The van der Waals surface area contributed by atoms with Crippen LogP contribution >= 0.6 is 12.4 Å². The number of phenolic OH excluding ortho intramolecular Hbond substituents is 1. The number of methoxy groups -OCH3 is 1. The molecule has 0 aromatic heterocycles. The van der Waals surface area contributed by atoms with Gasteiger partial charge in [-0.3, -0.25) is 14.9 Å². The summed E-state index contributed by atoms with van der Waals surface area (Å²) < 4.78 is 17.5. The zero-order valence-corrected chi connectivity index (χ0v) is 10.6. The van der Waals surface area contributed by atoms with Crippen LogP contribution in [-0.4, -0.2) is 23.1 Å². The first-order valence-corrected chi connectivity index (χ1v) is 4.86. The number of carbonyl (C=O) groups excluding carboxylic acids is 1. The van der Waals surface area contributed by atoms with E-state index in [1.807, 2.05) is 0 Å². The van der Waals surface area contributed by atoms with Crippen molar-refractivity contribution in [1.29, 1.82) is 0 Å². The largest absolute Gasteiger partial charge is 0.502 e. The van der Waals surface area contributed by atoms with Crippen molar-refractivity contribution < 1.29 is 24.0 Å². The van der Waals surface area contributed by atoms with Gasteiger partial charge < -0.3 is 15.6 Å². The predicted octanol–water partition coefficient (Wildman–Crippen LogP) is 1.42. The number of carbonyl (C=O) groups is 1.